The van der Waals surface area contributed by atoms with Crippen molar-refractivity contribution in [2.75, 3.05) is 11.0 Å². The molecule has 0 bridgehead atoms. The number of aromatic hydroxyl groups is 1. The van der Waals surface area contributed by atoms with Gasteiger partial charge in [0, 0.05) is 12.1 Å². The lowest BCUT2D eigenvalue weighted by Gasteiger charge is -2.27. The Morgan fingerprint density at radius 3 is 2.82 bits per heavy atom. The van der Waals surface area contributed by atoms with Gasteiger partial charge in [-0.3, -0.25) is 4.72 Å². The zero-order valence-corrected chi connectivity index (χ0v) is 13.4. The highest BCUT2D eigenvalue weighted by molar-refractivity contribution is 7.92. The van der Waals surface area contributed by atoms with Gasteiger partial charge in [0.1, 0.15) is 11.6 Å². The molecular formula is C15H19N3O3S. The van der Waals surface area contributed by atoms with E-state index >= 15 is 0 Å². The molecule has 1 unspecified atom stereocenters. The average molecular weight is 321 g/mol. The summed E-state index contributed by atoms with van der Waals surface area (Å²) in [7, 11) is -3.44. The van der Waals surface area contributed by atoms with E-state index in [0.29, 0.717) is 5.69 Å². The molecule has 1 aliphatic rings. The van der Waals surface area contributed by atoms with Crippen molar-refractivity contribution in [1.82, 2.24) is 9.97 Å². The number of fused-ring (bicyclic) bond motifs is 1. The Bertz CT molecular complexity index is 811. The molecule has 1 atom stereocenters. The molecule has 7 heteroatoms. The first-order valence-electron chi connectivity index (χ1n) is 7.19. The number of aryl methyl sites for hydroxylation is 1. The summed E-state index contributed by atoms with van der Waals surface area (Å²) in [6.07, 6.45) is 5.60. The number of phenolic OH excluding ortho intramolecular Hbond substituents is 1. The van der Waals surface area contributed by atoms with Gasteiger partial charge >= 0.3 is 0 Å². The van der Waals surface area contributed by atoms with E-state index < -0.39 is 10.0 Å². The summed E-state index contributed by atoms with van der Waals surface area (Å²) in [6.45, 7) is 1.90. The number of phenols is 1. The average Bonchev–Trinajstić information content (AvgIpc) is 2.86. The number of nitrogens with zero attached hydrogens (tertiary/aromatic N) is 1. The van der Waals surface area contributed by atoms with Gasteiger partial charge in [0.2, 0.25) is 10.0 Å². The number of aromatic amines is 1. The highest BCUT2D eigenvalue weighted by Gasteiger charge is 2.27. The SMILES string of the molecule is Cc1nc(C2CCCc3c2ccc(O)c3NS(C)(=O)=O)c[nH]1. The van der Waals surface area contributed by atoms with E-state index in [9.17, 15) is 13.5 Å². The number of hydrogen-bond acceptors (Lipinski definition) is 4. The van der Waals surface area contributed by atoms with Crippen LogP contribution in [0.4, 0.5) is 5.69 Å². The normalized spacial score (nSPS) is 18.0. The van der Waals surface area contributed by atoms with Crippen LogP contribution in [0.5, 0.6) is 5.75 Å². The van der Waals surface area contributed by atoms with Gasteiger partial charge in [-0.15, -0.1) is 0 Å². The molecule has 118 valence electrons. The van der Waals surface area contributed by atoms with Crippen LogP contribution in [0, 0.1) is 6.92 Å². The number of rotatable bonds is 3. The highest BCUT2D eigenvalue weighted by atomic mass is 32.2. The predicted octanol–water partition coefficient (Wildman–Crippen LogP) is 2.26. The minimum Gasteiger partial charge on any atom is -0.506 e. The van der Waals surface area contributed by atoms with Gasteiger partial charge in [0.05, 0.1) is 17.6 Å². The highest BCUT2D eigenvalue weighted by Crippen LogP contribution is 2.42. The van der Waals surface area contributed by atoms with Crippen molar-refractivity contribution in [3.05, 3.63) is 41.0 Å². The summed E-state index contributed by atoms with van der Waals surface area (Å²) in [6, 6.07) is 3.41. The van der Waals surface area contributed by atoms with E-state index in [4.69, 9.17) is 0 Å². The molecule has 0 amide bonds. The van der Waals surface area contributed by atoms with Crippen molar-refractivity contribution in [1.29, 1.82) is 0 Å². The molecule has 0 spiro atoms. The predicted molar refractivity (Wildman–Crippen MR) is 84.7 cm³/mol. The number of imidazole rings is 1. The first kappa shape index (κ1) is 14.9. The molecule has 1 heterocycles. The number of anilines is 1. The third-order valence-corrected chi connectivity index (χ3v) is 4.57. The Morgan fingerprint density at radius 2 is 2.18 bits per heavy atom. The number of hydrogen-bond donors (Lipinski definition) is 3. The Balaban J connectivity index is 2.10. The van der Waals surface area contributed by atoms with E-state index in [1.165, 1.54) is 0 Å². The Kier molecular flexibility index (Phi) is 3.60. The third kappa shape index (κ3) is 2.81. The standard InChI is InChI=1S/C15H19N3O3S/c1-9-16-8-13(17-9)11-4-3-5-12-10(11)6-7-14(19)15(12)18-22(2,20)21/h6-8,11,18-19H,3-5H2,1-2H3,(H,16,17). The second-order valence-corrected chi connectivity index (χ2v) is 7.51. The van der Waals surface area contributed by atoms with Crippen LogP contribution in [0.25, 0.3) is 0 Å². The number of benzene rings is 1. The summed E-state index contributed by atoms with van der Waals surface area (Å²) in [5.74, 6) is 0.938. The molecule has 3 rings (SSSR count). The molecule has 22 heavy (non-hydrogen) atoms. The van der Waals surface area contributed by atoms with Crippen molar-refractivity contribution >= 4 is 15.7 Å². The lowest BCUT2D eigenvalue weighted by molar-refractivity contribution is 0.475. The van der Waals surface area contributed by atoms with Gasteiger partial charge in [-0.25, -0.2) is 13.4 Å². The molecule has 0 radical (unpaired) electrons. The van der Waals surface area contributed by atoms with Crippen LogP contribution >= 0.6 is 0 Å². The van der Waals surface area contributed by atoms with Crippen LogP contribution in [0.3, 0.4) is 0 Å². The van der Waals surface area contributed by atoms with Crippen molar-refractivity contribution in [2.24, 2.45) is 0 Å². The largest absolute Gasteiger partial charge is 0.506 e. The smallest absolute Gasteiger partial charge is 0.229 e. The number of nitrogens with one attached hydrogen (secondary N) is 2. The molecule has 6 nitrogen and oxygen atoms in total. The lowest BCUT2D eigenvalue weighted by atomic mass is 9.80. The molecule has 0 aliphatic heterocycles. The summed E-state index contributed by atoms with van der Waals surface area (Å²) in [5, 5.41) is 10.0. The van der Waals surface area contributed by atoms with Gasteiger partial charge in [-0.05, 0) is 43.4 Å². The van der Waals surface area contributed by atoms with E-state index in [-0.39, 0.29) is 11.7 Å². The zero-order valence-electron chi connectivity index (χ0n) is 12.5. The molecule has 0 saturated carbocycles. The molecule has 1 aromatic heterocycles. The van der Waals surface area contributed by atoms with Crippen LogP contribution in [0.15, 0.2) is 18.3 Å². The monoisotopic (exact) mass is 321 g/mol. The van der Waals surface area contributed by atoms with E-state index in [2.05, 4.69) is 14.7 Å². The summed E-state index contributed by atoms with van der Waals surface area (Å²) >= 11 is 0. The maximum Gasteiger partial charge on any atom is 0.229 e. The molecular weight excluding hydrogens is 302 g/mol. The van der Waals surface area contributed by atoms with Crippen molar-refractivity contribution in [2.45, 2.75) is 32.1 Å². The maximum absolute atomic E-state index is 11.6. The van der Waals surface area contributed by atoms with Crippen LogP contribution in [0.2, 0.25) is 0 Å². The Labute approximate surface area is 129 Å². The minimum atomic E-state index is -3.44. The van der Waals surface area contributed by atoms with E-state index in [1.54, 1.807) is 6.07 Å². The molecule has 1 aliphatic carbocycles. The van der Waals surface area contributed by atoms with Gasteiger partial charge in [0.25, 0.3) is 0 Å². The molecule has 0 saturated heterocycles. The number of aromatic nitrogens is 2. The van der Waals surface area contributed by atoms with Crippen molar-refractivity contribution < 1.29 is 13.5 Å². The van der Waals surface area contributed by atoms with Crippen LogP contribution in [-0.2, 0) is 16.4 Å². The molecule has 1 aromatic carbocycles. The topological polar surface area (TPSA) is 95.1 Å². The summed E-state index contributed by atoms with van der Waals surface area (Å²) in [4.78, 5) is 7.59. The molecule has 2 aromatic rings. The van der Waals surface area contributed by atoms with Crippen molar-refractivity contribution in [3.63, 3.8) is 0 Å². The van der Waals surface area contributed by atoms with Gasteiger partial charge in [0.15, 0.2) is 0 Å². The summed E-state index contributed by atoms with van der Waals surface area (Å²) < 4.78 is 25.6. The van der Waals surface area contributed by atoms with Gasteiger partial charge < -0.3 is 10.1 Å². The van der Waals surface area contributed by atoms with E-state index in [0.717, 1.165) is 48.2 Å². The Hall–Kier alpha value is -2.02. The quantitative estimate of drug-likeness (QED) is 0.756. The maximum atomic E-state index is 11.6. The molecule has 3 N–H and O–H groups in total. The molecule has 0 fully saturated rings. The fourth-order valence-electron chi connectivity index (χ4n) is 3.11. The fraction of sp³-hybridized carbons (Fsp3) is 0.400. The first-order valence-corrected chi connectivity index (χ1v) is 9.09. The van der Waals surface area contributed by atoms with Gasteiger partial charge in [-0.1, -0.05) is 6.07 Å². The second-order valence-electron chi connectivity index (χ2n) is 5.76. The number of H-pyrrole nitrogens is 1. The first-order chi connectivity index (χ1) is 10.3. The minimum absolute atomic E-state index is 0.0389. The van der Waals surface area contributed by atoms with E-state index in [1.807, 2.05) is 19.2 Å². The van der Waals surface area contributed by atoms with Crippen LogP contribution in [0.1, 0.15) is 41.4 Å². The van der Waals surface area contributed by atoms with Crippen LogP contribution < -0.4 is 4.72 Å². The fourth-order valence-corrected chi connectivity index (χ4v) is 3.71. The number of sulfonamides is 1. The third-order valence-electron chi connectivity index (χ3n) is 3.99. The zero-order chi connectivity index (χ0) is 15.9. The van der Waals surface area contributed by atoms with Crippen molar-refractivity contribution in [3.8, 4) is 5.75 Å². The summed E-state index contributed by atoms with van der Waals surface area (Å²) in [5.41, 5.74) is 3.15. The van der Waals surface area contributed by atoms with Crippen LogP contribution in [-0.4, -0.2) is 29.7 Å². The van der Waals surface area contributed by atoms with Gasteiger partial charge in [-0.2, -0.15) is 0 Å². The second kappa shape index (κ2) is 5.31. The Morgan fingerprint density at radius 1 is 1.41 bits per heavy atom. The lowest BCUT2D eigenvalue weighted by Crippen LogP contribution is -2.17.